The van der Waals surface area contributed by atoms with Crippen molar-refractivity contribution >= 4 is 51.0 Å². The van der Waals surface area contributed by atoms with E-state index in [1.54, 1.807) is 36.4 Å². The number of hydrogen-bond acceptors (Lipinski definition) is 7. The van der Waals surface area contributed by atoms with Crippen LogP contribution in [0.1, 0.15) is 54.4 Å². The summed E-state index contributed by atoms with van der Waals surface area (Å²) in [6.07, 6.45) is 0.0715. The number of benzene rings is 3. The molecule has 0 aromatic heterocycles. The van der Waals surface area contributed by atoms with Crippen LogP contribution in [0.3, 0.4) is 0 Å². The summed E-state index contributed by atoms with van der Waals surface area (Å²) in [5.41, 5.74) is 1.58. The number of hydrogen-bond donors (Lipinski definition) is 1. The van der Waals surface area contributed by atoms with Gasteiger partial charge in [0.25, 0.3) is 0 Å². The molecule has 13 heteroatoms. The topological polar surface area (TPSA) is 100 Å². The Bertz CT molecular complexity index is 1890. The number of allylic oxidation sites excluding steroid dienone is 1. The van der Waals surface area contributed by atoms with Gasteiger partial charge in [0.2, 0.25) is 10.0 Å². The minimum Gasteiger partial charge on any atom is -0.487 e. The summed E-state index contributed by atoms with van der Waals surface area (Å²) in [6.45, 7) is 0.222. The van der Waals surface area contributed by atoms with Crippen molar-refractivity contribution < 1.29 is 45.3 Å². The molecule has 7 rings (SSSR count). The van der Waals surface area contributed by atoms with E-state index < -0.39 is 43.1 Å². The lowest BCUT2D eigenvalue weighted by atomic mass is 9.83. The van der Waals surface area contributed by atoms with Gasteiger partial charge in [0.1, 0.15) is 16.1 Å². The maximum absolute atomic E-state index is 13.8. The molecule has 0 saturated heterocycles. The molecule has 4 aliphatic rings. The molecule has 3 aromatic carbocycles. The number of fused-ring (bicyclic) bond motifs is 3. The van der Waals surface area contributed by atoms with Crippen molar-refractivity contribution in [2.24, 2.45) is 17.8 Å². The Balaban J connectivity index is 1.07. The molecule has 3 fully saturated rings. The molecule has 0 spiro atoms. The number of nitrogens with one attached hydrogen (secondary N) is 1. The first kappa shape index (κ1) is 33.5. The summed E-state index contributed by atoms with van der Waals surface area (Å²) < 4.78 is 93.9. The second-order valence-electron chi connectivity index (χ2n) is 12.7. The van der Waals surface area contributed by atoms with Crippen LogP contribution >= 0.6 is 20.7 Å². The van der Waals surface area contributed by atoms with E-state index in [2.05, 4.69) is 9.46 Å². The quantitative estimate of drug-likeness (QED) is 0.132. The zero-order valence-corrected chi connectivity index (χ0v) is 29.1. The van der Waals surface area contributed by atoms with Gasteiger partial charge < -0.3 is 18.9 Å². The van der Waals surface area contributed by atoms with Gasteiger partial charge in [0.05, 0.1) is 30.3 Å². The van der Waals surface area contributed by atoms with Crippen LogP contribution in [-0.2, 0) is 24.2 Å². The van der Waals surface area contributed by atoms with Gasteiger partial charge in [0.15, 0.2) is 0 Å². The highest BCUT2D eigenvalue weighted by Crippen LogP contribution is 2.46. The summed E-state index contributed by atoms with van der Waals surface area (Å²) in [5.74, 6) is 0.462. The Hall–Kier alpha value is -3.01. The number of sulfonamides is 1. The molecule has 8 nitrogen and oxygen atoms in total. The molecule has 2 unspecified atom stereocenters. The Morgan fingerprint density at radius 3 is 2.33 bits per heavy atom. The first-order chi connectivity index (χ1) is 23.0. The zero-order valence-electron chi connectivity index (χ0n) is 26.1. The fraction of sp³-hybridized carbons (Fsp3) is 0.429. The van der Waals surface area contributed by atoms with Gasteiger partial charge in [0, 0.05) is 32.0 Å². The van der Waals surface area contributed by atoms with Gasteiger partial charge in [-0.2, -0.15) is 0 Å². The Labute approximate surface area is 286 Å². The van der Waals surface area contributed by atoms with Crippen LogP contribution in [0.4, 0.5) is 13.2 Å². The van der Waals surface area contributed by atoms with Crippen LogP contribution in [0.25, 0.3) is 10.8 Å². The van der Waals surface area contributed by atoms with E-state index in [0.29, 0.717) is 39.4 Å². The minimum absolute atomic E-state index is 0.0698. The van der Waals surface area contributed by atoms with Crippen LogP contribution in [0.15, 0.2) is 76.9 Å². The summed E-state index contributed by atoms with van der Waals surface area (Å²) in [5, 5.41) is 0.953. The number of esters is 1. The van der Waals surface area contributed by atoms with E-state index in [0.717, 1.165) is 40.5 Å². The van der Waals surface area contributed by atoms with E-state index in [1.165, 1.54) is 31.4 Å². The summed E-state index contributed by atoms with van der Waals surface area (Å²) >= 11 is -0.751. The lowest BCUT2D eigenvalue weighted by Crippen LogP contribution is -2.46. The smallest absolute Gasteiger partial charge is 0.487 e. The molecule has 1 heterocycles. The van der Waals surface area contributed by atoms with Crippen molar-refractivity contribution in [2.45, 2.75) is 61.9 Å². The summed E-state index contributed by atoms with van der Waals surface area (Å²) in [7, 11) is -2.64. The second kappa shape index (κ2) is 13.4. The van der Waals surface area contributed by atoms with Crippen molar-refractivity contribution in [3.05, 3.63) is 83.1 Å². The average Bonchev–Trinajstić information content (AvgIpc) is 3.88. The molecule has 3 aliphatic carbocycles. The van der Waals surface area contributed by atoms with Crippen LogP contribution < -0.4 is 9.46 Å². The molecule has 2 bridgehead atoms. The van der Waals surface area contributed by atoms with Crippen LogP contribution in [0, 0.1) is 17.8 Å². The van der Waals surface area contributed by atoms with E-state index in [9.17, 15) is 26.4 Å². The maximum Gasteiger partial charge on any atom is 0.573 e. The maximum atomic E-state index is 13.8. The Morgan fingerprint density at radius 1 is 0.958 bits per heavy atom. The van der Waals surface area contributed by atoms with E-state index in [1.807, 2.05) is 0 Å². The van der Waals surface area contributed by atoms with Crippen LogP contribution in [-0.4, -0.2) is 54.7 Å². The van der Waals surface area contributed by atoms with Crippen LogP contribution in [0.2, 0.25) is 0 Å². The summed E-state index contributed by atoms with van der Waals surface area (Å²) in [6, 6.07) is 15.9. The molecule has 2 atom stereocenters. The molecule has 256 valence electrons. The van der Waals surface area contributed by atoms with Crippen molar-refractivity contribution in [1.82, 2.24) is 4.72 Å². The SMILES string of the molecule is COC(=O)c1ccc(S(=O)(=O)NC2C3CCC2CC(OCC2=C(C4CC4)OCI=C2c2ccccc2OC(F)(F)F)C3)c2ccccc12. The number of alkyl halides is 4. The molecule has 0 amide bonds. The fourth-order valence-corrected chi connectivity index (χ4v) is 11.5. The van der Waals surface area contributed by atoms with Gasteiger partial charge in [-0.05, 0) is 73.9 Å². The molecule has 0 radical (unpaired) electrons. The predicted molar refractivity (Wildman–Crippen MR) is 182 cm³/mol. The zero-order chi connectivity index (χ0) is 33.6. The molecular formula is C35H35F3INO7S. The highest BCUT2D eigenvalue weighted by atomic mass is 127. The Kier molecular flexibility index (Phi) is 9.32. The fourth-order valence-electron chi connectivity index (χ4n) is 7.40. The van der Waals surface area contributed by atoms with Gasteiger partial charge in [-0.1, -0.05) is 63.2 Å². The normalized spacial score (nSPS) is 24.5. The monoisotopic (exact) mass is 797 g/mol. The number of halogens is 4. The van der Waals surface area contributed by atoms with E-state index in [-0.39, 0.29) is 47.2 Å². The number of methoxy groups -OCH3 is 1. The number of ether oxygens (including phenoxy) is 4. The molecule has 3 aromatic rings. The second-order valence-corrected chi connectivity index (χ2v) is 16.8. The third kappa shape index (κ3) is 6.88. The number of rotatable bonds is 10. The molecule has 1 aliphatic heterocycles. The van der Waals surface area contributed by atoms with E-state index in [4.69, 9.17) is 14.2 Å². The van der Waals surface area contributed by atoms with Gasteiger partial charge in [-0.3, -0.25) is 0 Å². The minimum atomic E-state index is -4.81. The standard InChI is InChI=1S/C35H35F3INO7S/c1-44-34(41)26-14-15-30(25-7-3-2-6-24(25)26)48(42,43)40-32-21-12-13-22(32)17-23(16-21)45-18-28-31(39-19-46-33(28)20-10-11-20)27-8-4-5-9-29(27)47-35(36,37)38/h2-9,14-15,20-23,32,40H,10-13,16-19H2,1H3. The first-order valence-electron chi connectivity index (χ1n) is 15.9. The van der Waals surface area contributed by atoms with Crippen molar-refractivity contribution in [3.8, 4) is 5.75 Å². The average molecular weight is 798 g/mol. The number of para-hydroxylation sites is 1. The predicted octanol–water partition coefficient (Wildman–Crippen LogP) is 7.22. The van der Waals surface area contributed by atoms with Crippen molar-refractivity contribution in [3.63, 3.8) is 0 Å². The highest BCUT2D eigenvalue weighted by molar-refractivity contribution is 14.2. The molecule has 3 saturated carbocycles. The number of carbonyl (C=O) groups is 1. The third-order valence-electron chi connectivity index (χ3n) is 9.65. The lowest BCUT2D eigenvalue weighted by molar-refractivity contribution is -0.274. The molecule has 48 heavy (non-hydrogen) atoms. The van der Waals surface area contributed by atoms with Crippen molar-refractivity contribution in [1.29, 1.82) is 0 Å². The highest BCUT2D eigenvalue weighted by Gasteiger charge is 2.45. The largest absolute Gasteiger partial charge is 0.573 e. The Morgan fingerprint density at radius 2 is 1.65 bits per heavy atom. The molecule has 1 N–H and O–H groups in total. The van der Waals surface area contributed by atoms with Crippen molar-refractivity contribution in [2.75, 3.05) is 18.3 Å². The van der Waals surface area contributed by atoms with Gasteiger partial charge in [-0.15, -0.1) is 13.2 Å². The van der Waals surface area contributed by atoms with Gasteiger partial charge in [-0.25, -0.2) is 17.9 Å². The molecular weight excluding hydrogens is 762 g/mol. The van der Waals surface area contributed by atoms with Gasteiger partial charge >= 0.3 is 12.3 Å². The lowest BCUT2D eigenvalue weighted by Gasteiger charge is -2.36. The van der Waals surface area contributed by atoms with E-state index >= 15 is 0 Å². The first-order valence-corrected chi connectivity index (χ1v) is 20.0. The van der Waals surface area contributed by atoms with Crippen LogP contribution in [0.5, 0.6) is 5.75 Å². The third-order valence-corrected chi connectivity index (χ3v) is 13.8. The summed E-state index contributed by atoms with van der Waals surface area (Å²) in [4.78, 5) is 12.5. The number of carbonyl (C=O) groups excluding carboxylic acids is 1.